The highest BCUT2D eigenvalue weighted by atomic mass is 31.2. The topological polar surface area (TPSA) is 213 Å². The Kier molecular flexibility index (Phi) is 10.1. The molecule has 0 amide bonds. The number of allylic oxidation sites excluding steroid dienone is 3. The first-order chi connectivity index (χ1) is 19.1. The molecule has 0 spiro atoms. The second kappa shape index (κ2) is 12.8. The molecule has 1 aliphatic heterocycles. The summed E-state index contributed by atoms with van der Waals surface area (Å²) in [5, 5.41) is 24.7. The van der Waals surface area contributed by atoms with Gasteiger partial charge in [0.05, 0.1) is 18.3 Å². The lowest BCUT2D eigenvalue weighted by Crippen LogP contribution is -2.44. The number of imidazole rings is 1. The maximum Gasteiger partial charge on any atom is 0.408 e. The largest absolute Gasteiger partial charge is 0.438 e. The standard InChI is InChI=1S/C25H37N6O9P/c1-7-9-15(10-8-2)11-28-41(36,39-14-37-22(34)24(3,4)5)38-12-16-18(32)25(6,35)21(40-16)31-13-27-17-19(31)29-23(26)30-20(17)33/h7-10,13,16,18,21,32,35H,1,11-12,14H2,2-6H3,(H,28,36)(H3,26,29,30,33)/b10-8-,15-9+/t16-,18-,21-,25-,41?/m1/s1. The van der Waals surface area contributed by atoms with Gasteiger partial charge in [0.15, 0.2) is 17.4 Å². The minimum atomic E-state index is -4.18. The van der Waals surface area contributed by atoms with Crippen molar-refractivity contribution in [1.29, 1.82) is 0 Å². The number of nitrogen functional groups attached to an aromatic ring is 1. The molecular weight excluding hydrogens is 559 g/mol. The molecule has 2 aromatic rings. The number of ether oxygens (including phenoxy) is 2. The molecule has 15 nitrogen and oxygen atoms in total. The summed E-state index contributed by atoms with van der Waals surface area (Å²) in [6.45, 7) is 10.6. The Morgan fingerprint density at radius 2 is 2.12 bits per heavy atom. The zero-order chi connectivity index (χ0) is 30.6. The van der Waals surface area contributed by atoms with Crippen LogP contribution in [0.25, 0.3) is 11.2 Å². The van der Waals surface area contributed by atoms with Crippen molar-refractivity contribution < 1.29 is 38.1 Å². The lowest BCUT2D eigenvalue weighted by atomic mass is 9.96. The highest BCUT2D eigenvalue weighted by Crippen LogP contribution is 2.46. The van der Waals surface area contributed by atoms with Crippen molar-refractivity contribution >= 4 is 30.8 Å². The summed E-state index contributed by atoms with van der Waals surface area (Å²) in [5.74, 6) is -0.763. The fourth-order valence-corrected chi connectivity index (χ4v) is 5.05. The number of nitrogens with zero attached hydrogens (tertiary/aromatic N) is 3. The van der Waals surface area contributed by atoms with E-state index in [1.54, 1.807) is 52.0 Å². The average Bonchev–Trinajstić information content (AvgIpc) is 3.39. The van der Waals surface area contributed by atoms with Crippen LogP contribution in [-0.2, 0) is 27.9 Å². The summed E-state index contributed by atoms with van der Waals surface area (Å²) in [5.41, 5.74) is 2.98. The van der Waals surface area contributed by atoms with Gasteiger partial charge in [-0.1, -0.05) is 30.9 Å². The molecule has 41 heavy (non-hydrogen) atoms. The van der Waals surface area contributed by atoms with Crippen LogP contribution in [0.15, 0.2) is 47.6 Å². The number of fused-ring (bicyclic) bond motifs is 1. The van der Waals surface area contributed by atoms with E-state index in [0.717, 1.165) is 0 Å². The first-order valence-electron chi connectivity index (χ1n) is 12.7. The van der Waals surface area contributed by atoms with E-state index in [1.807, 2.05) is 0 Å². The molecule has 1 fully saturated rings. The Labute approximate surface area is 236 Å². The Morgan fingerprint density at radius 3 is 2.76 bits per heavy atom. The van der Waals surface area contributed by atoms with Crippen molar-refractivity contribution in [2.45, 2.75) is 58.7 Å². The van der Waals surface area contributed by atoms with E-state index >= 15 is 0 Å². The van der Waals surface area contributed by atoms with Crippen molar-refractivity contribution in [3.63, 3.8) is 0 Å². The van der Waals surface area contributed by atoms with Crippen LogP contribution >= 0.6 is 7.75 Å². The van der Waals surface area contributed by atoms with Crippen molar-refractivity contribution in [2.75, 3.05) is 25.7 Å². The molecule has 1 saturated heterocycles. The van der Waals surface area contributed by atoms with Crippen LogP contribution in [0.4, 0.5) is 5.95 Å². The van der Waals surface area contributed by atoms with Crippen LogP contribution in [0, 0.1) is 5.41 Å². The van der Waals surface area contributed by atoms with Gasteiger partial charge in [0.1, 0.15) is 17.8 Å². The molecule has 1 unspecified atom stereocenters. The first-order valence-corrected chi connectivity index (χ1v) is 14.2. The number of hydrogen-bond donors (Lipinski definition) is 5. The third kappa shape index (κ3) is 7.57. The third-order valence-electron chi connectivity index (χ3n) is 6.08. The van der Waals surface area contributed by atoms with Gasteiger partial charge in [0.25, 0.3) is 5.56 Å². The SMILES string of the molecule is C=C/C=C(\C=C/C)CNP(=O)(OCOC(=O)C(C)(C)C)OC[C@H]1O[C@@H](n2cnc3c(=O)[nH]c(N)nc32)[C@](C)(O)[C@@H]1O. The number of rotatable bonds is 12. The predicted molar refractivity (Wildman–Crippen MR) is 149 cm³/mol. The molecule has 3 heterocycles. The number of nitrogens with two attached hydrogens (primary N) is 1. The number of aliphatic hydroxyl groups excluding tert-OH is 1. The van der Waals surface area contributed by atoms with E-state index in [-0.39, 0.29) is 23.7 Å². The molecule has 0 radical (unpaired) electrons. The highest BCUT2D eigenvalue weighted by molar-refractivity contribution is 7.51. The lowest BCUT2D eigenvalue weighted by Gasteiger charge is -2.27. The number of hydrogen-bond acceptors (Lipinski definition) is 12. The van der Waals surface area contributed by atoms with Gasteiger partial charge in [0, 0.05) is 6.54 Å². The van der Waals surface area contributed by atoms with Gasteiger partial charge in [-0.3, -0.25) is 28.2 Å². The highest BCUT2D eigenvalue weighted by Gasteiger charge is 2.54. The van der Waals surface area contributed by atoms with E-state index < -0.39 is 62.1 Å². The minimum Gasteiger partial charge on any atom is -0.438 e. The molecule has 0 bridgehead atoms. The minimum absolute atomic E-state index is 0.0205. The van der Waals surface area contributed by atoms with Crippen LogP contribution in [0.5, 0.6) is 0 Å². The summed E-state index contributed by atoms with van der Waals surface area (Å²) in [6, 6.07) is 0. The Morgan fingerprint density at radius 1 is 1.41 bits per heavy atom. The molecule has 3 rings (SSSR count). The number of aromatic amines is 1. The molecule has 6 N–H and O–H groups in total. The normalized spacial score (nSPS) is 25.0. The predicted octanol–water partition coefficient (Wildman–Crippen LogP) is 1.68. The van der Waals surface area contributed by atoms with Crippen LogP contribution in [0.2, 0.25) is 0 Å². The zero-order valence-electron chi connectivity index (χ0n) is 23.6. The summed E-state index contributed by atoms with van der Waals surface area (Å²) < 4.78 is 36.8. The maximum atomic E-state index is 13.6. The molecule has 2 aromatic heterocycles. The van der Waals surface area contributed by atoms with Crippen LogP contribution < -0.4 is 16.4 Å². The smallest absolute Gasteiger partial charge is 0.408 e. The molecule has 0 aromatic carbocycles. The van der Waals surface area contributed by atoms with Gasteiger partial charge < -0.3 is 25.4 Å². The van der Waals surface area contributed by atoms with Crippen molar-refractivity contribution in [3.05, 3.63) is 53.1 Å². The van der Waals surface area contributed by atoms with Gasteiger partial charge >= 0.3 is 13.7 Å². The van der Waals surface area contributed by atoms with E-state index in [4.69, 9.17) is 24.3 Å². The number of carbonyl (C=O) groups excluding carboxylic acids is 1. The summed E-state index contributed by atoms with van der Waals surface area (Å²) in [7, 11) is -4.18. The first kappa shape index (κ1) is 32.3. The number of H-pyrrole nitrogens is 1. The third-order valence-corrected chi connectivity index (χ3v) is 7.56. The van der Waals surface area contributed by atoms with Crippen molar-refractivity contribution in [3.8, 4) is 0 Å². The Bertz CT molecular complexity index is 1420. The van der Waals surface area contributed by atoms with E-state index in [1.165, 1.54) is 17.8 Å². The van der Waals surface area contributed by atoms with Crippen LogP contribution in [0.1, 0.15) is 40.8 Å². The molecular formula is C25H37N6O9P. The summed E-state index contributed by atoms with van der Waals surface area (Å²) in [6.07, 6.45) is 3.94. The van der Waals surface area contributed by atoms with Crippen molar-refractivity contribution in [2.24, 2.45) is 5.41 Å². The molecule has 16 heteroatoms. The average molecular weight is 597 g/mol. The maximum absolute atomic E-state index is 13.6. The number of aliphatic hydroxyl groups is 2. The number of aromatic nitrogens is 4. The van der Waals surface area contributed by atoms with Gasteiger partial charge in [0.2, 0.25) is 12.7 Å². The summed E-state index contributed by atoms with van der Waals surface area (Å²) in [4.78, 5) is 34.7. The number of nitrogens with one attached hydrogen (secondary N) is 2. The fourth-order valence-electron chi connectivity index (χ4n) is 3.89. The quantitative estimate of drug-likeness (QED) is 0.102. The van der Waals surface area contributed by atoms with Gasteiger partial charge in [-0.15, -0.1) is 0 Å². The van der Waals surface area contributed by atoms with Crippen molar-refractivity contribution in [1.82, 2.24) is 24.6 Å². The Balaban J connectivity index is 1.80. The number of anilines is 1. The van der Waals surface area contributed by atoms with E-state index in [9.17, 15) is 24.4 Å². The van der Waals surface area contributed by atoms with Crippen LogP contribution in [-0.4, -0.2) is 73.5 Å². The zero-order valence-corrected chi connectivity index (χ0v) is 24.5. The molecule has 1 aliphatic rings. The second-order valence-electron chi connectivity index (χ2n) is 10.5. The monoisotopic (exact) mass is 596 g/mol. The van der Waals surface area contributed by atoms with Crippen LogP contribution in [0.3, 0.4) is 0 Å². The molecule has 5 atom stereocenters. The number of carbonyl (C=O) groups is 1. The lowest BCUT2D eigenvalue weighted by molar-refractivity contribution is -0.160. The molecule has 0 aliphatic carbocycles. The van der Waals surface area contributed by atoms with Gasteiger partial charge in [-0.2, -0.15) is 4.98 Å². The second-order valence-corrected chi connectivity index (χ2v) is 12.3. The van der Waals surface area contributed by atoms with E-state index in [2.05, 4.69) is 26.6 Å². The van der Waals surface area contributed by atoms with Gasteiger partial charge in [-0.05, 0) is 40.2 Å². The molecule has 0 saturated carbocycles. The Hall–Kier alpha value is -3.17. The molecule has 226 valence electrons. The van der Waals surface area contributed by atoms with Gasteiger partial charge in [-0.25, -0.2) is 14.6 Å². The van der Waals surface area contributed by atoms with E-state index in [0.29, 0.717) is 5.57 Å². The fraction of sp³-hybridized carbons (Fsp3) is 0.520. The summed E-state index contributed by atoms with van der Waals surface area (Å²) >= 11 is 0. The number of esters is 1.